The van der Waals surface area contributed by atoms with Crippen molar-refractivity contribution in [1.29, 1.82) is 0 Å². The third kappa shape index (κ3) is 4.28. The van der Waals surface area contributed by atoms with Crippen molar-refractivity contribution in [3.8, 4) is 0 Å². The Bertz CT molecular complexity index is 694. The van der Waals surface area contributed by atoms with Crippen molar-refractivity contribution >= 4 is 28.9 Å². The zero-order valence-corrected chi connectivity index (χ0v) is 14.6. The highest BCUT2D eigenvalue weighted by atomic mass is 35.5. The molecule has 5 heteroatoms. The first-order valence-corrected chi connectivity index (χ1v) is 8.69. The Morgan fingerprint density at radius 1 is 1.12 bits per heavy atom. The van der Waals surface area contributed by atoms with Crippen LogP contribution < -0.4 is 15.1 Å². The summed E-state index contributed by atoms with van der Waals surface area (Å²) in [6.45, 7) is 6.56. The number of aryl methyl sites for hydroxylation is 1. The number of rotatable bonds is 4. The molecule has 0 atom stereocenters. The summed E-state index contributed by atoms with van der Waals surface area (Å²) in [5, 5.41) is 3.61. The number of hydrogen-bond acceptors (Lipinski definition) is 2. The fourth-order valence-corrected chi connectivity index (χ4v) is 3.25. The van der Waals surface area contributed by atoms with Gasteiger partial charge < -0.3 is 15.1 Å². The third-order valence-electron chi connectivity index (χ3n) is 4.47. The summed E-state index contributed by atoms with van der Waals surface area (Å²) in [5.74, 6) is 0.0525. The Morgan fingerprint density at radius 2 is 1.79 bits per heavy atom. The Labute approximate surface area is 148 Å². The molecule has 0 saturated carbocycles. The second-order valence-corrected chi connectivity index (χ2v) is 6.69. The topological polar surface area (TPSA) is 36.8 Å². The number of nitrogens with zero attached hydrogens (tertiary/aromatic N) is 1. The second-order valence-electron chi connectivity index (χ2n) is 6.26. The van der Waals surface area contributed by atoms with Crippen LogP contribution in [0, 0.1) is 6.92 Å². The lowest BCUT2D eigenvalue weighted by atomic mass is 10.1. The first-order chi connectivity index (χ1) is 11.6. The number of quaternary nitrogens is 1. The number of carbonyl (C=O) groups excluding carboxylic acids is 1. The summed E-state index contributed by atoms with van der Waals surface area (Å²) >= 11 is 5.86. The molecular formula is C19H23ClN3O+. The predicted molar refractivity (Wildman–Crippen MR) is 99.0 cm³/mol. The zero-order valence-electron chi connectivity index (χ0n) is 13.9. The number of piperazine rings is 1. The van der Waals surface area contributed by atoms with Crippen LogP contribution in [0.5, 0.6) is 0 Å². The van der Waals surface area contributed by atoms with E-state index < -0.39 is 0 Å². The molecule has 2 aromatic carbocycles. The molecule has 1 saturated heterocycles. The van der Waals surface area contributed by atoms with E-state index in [1.165, 1.54) is 16.2 Å². The van der Waals surface area contributed by atoms with Gasteiger partial charge in [-0.3, -0.25) is 4.79 Å². The molecule has 0 spiro atoms. The van der Waals surface area contributed by atoms with Crippen molar-refractivity contribution < 1.29 is 9.69 Å². The fourth-order valence-electron chi connectivity index (χ4n) is 3.12. The number of carbonyl (C=O) groups is 1. The SMILES string of the molecule is Cc1ccccc1N1CC[NH+](CC(=O)Nc2ccc(Cl)cc2)CC1. The van der Waals surface area contributed by atoms with Gasteiger partial charge in [0, 0.05) is 16.4 Å². The van der Waals surface area contributed by atoms with E-state index in [2.05, 4.69) is 41.4 Å². The van der Waals surface area contributed by atoms with E-state index in [-0.39, 0.29) is 5.91 Å². The average molecular weight is 345 g/mol. The molecule has 4 nitrogen and oxygen atoms in total. The van der Waals surface area contributed by atoms with Gasteiger partial charge in [0.05, 0.1) is 26.2 Å². The van der Waals surface area contributed by atoms with Gasteiger partial charge in [-0.15, -0.1) is 0 Å². The van der Waals surface area contributed by atoms with Crippen molar-refractivity contribution in [2.45, 2.75) is 6.92 Å². The van der Waals surface area contributed by atoms with Gasteiger partial charge in [0.2, 0.25) is 0 Å². The number of amides is 1. The van der Waals surface area contributed by atoms with E-state index in [1.807, 2.05) is 12.1 Å². The molecule has 1 heterocycles. The number of anilines is 2. The molecule has 2 N–H and O–H groups in total. The molecular weight excluding hydrogens is 322 g/mol. The normalized spacial score (nSPS) is 15.3. The number of nitrogens with one attached hydrogen (secondary N) is 2. The lowest BCUT2D eigenvalue weighted by Gasteiger charge is -2.34. The maximum Gasteiger partial charge on any atom is 0.279 e. The lowest BCUT2D eigenvalue weighted by molar-refractivity contribution is -0.892. The van der Waals surface area contributed by atoms with Crippen LogP contribution in [-0.4, -0.2) is 38.6 Å². The van der Waals surface area contributed by atoms with Crippen LogP contribution in [0.15, 0.2) is 48.5 Å². The van der Waals surface area contributed by atoms with Gasteiger partial charge in [0.1, 0.15) is 0 Å². The molecule has 1 aliphatic rings. The van der Waals surface area contributed by atoms with E-state index in [1.54, 1.807) is 12.1 Å². The van der Waals surface area contributed by atoms with Crippen LogP contribution in [0.25, 0.3) is 0 Å². The average Bonchev–Trinajstić information content (AvgIpc) is 2.58. The highest BCUT2D eigenvalue weighted by Crippen LogP contribution is 2.18. The monoisotopic (exact) mass is 344 g/mol. The lowest BCUT2D eigenvalue weighted by Crippen LogP contribution is -3.15. The number of halogens is 1. The molecule has 0 unspecified atom stereocenters. The molecule has 3 rings (SSSR count). The van der Waals surface area contributed by atoms with Crippen LogP contribution in [0.4, 0.5) is 11.4 Å². The molecule has 0 radical (unpaired) electrons. The van der Waals surface area contributed by atoms with Crippen LogP contribution in [0.2, 0.25) is 5.02 Å². The van der Waals surface area contributed by atoms with E-state index >= 15 is 0 Å². The summed E-state index contributed by atoms with van der Waals surface area (Å²) in [5.41, 5.74) is 3.41. The number of benzene rings is 2. The van der Waals surface area contributed by atoms with E-state index in [0.29, 0.717) is 11.6 Å². The fraction of sp³-hybridized carbons (Fsp3) is 0.316. The first-order valence-electron chi connectivity index (χ1n) is 8.31. The second kappa shape index (κ2) is 7.69. The number of para-hydroxylation sites is 1. The van der Waals surface area contributed by atoms with E-state index in [4.69, 9.17) is 11.6 Å². The molecule has 1 fully saturated rings. The quantitative estimate of drug-likeness (QED) is 0.890. The molecule has 0 aromatic heterocycles. The van der Waals surface area contributed by atoms with E-state index in [9.17, 15) is 4.79 Å². The summed E-state index contributed by atoms with van der Waals surface area (Å²) in [4.78, 5) is 15.9. The van der Waals surface area contributed by atoms with E-state index in [0.717, 1.165) is 31.9 Å². The third-order valence-corrected chi connectivity index (χ3v) is 4.72. The van der Waals surface area contributed by atoms with Gasteiger partial charge in [-0.2, -0.15) is 0 Å². The van der Waals surface area contributed by atoms with Crippen LogP contribution in [0.3, 0.4) is 0 Å². The molecule has 0 bridgehead atoms. The van der Waals surface area contributed by atoms with Gasteiger partial charge in [0.15, 0.2) is 6.54 Å². The molecule has 0 aliphatic carbocycles. The Hall–Kier alpha value is -2.04. The van der Waals surface area contributed by atoms with Gasteiger partial charge in [-0.05, 0) is 42.8 Å². The van der Waals surface area contributed by atoms with Crippen molar-refractivity contribution in [1.82, 2.24) is 0 Å². The van der Waals surface area contributed by atoms with Gasteiger partial charge in [-0.25, -0.2) is 0 Å². The first kappa shape index (κ1) is 16.8. The summed E-state index contributed by atoms with van der Waals surface area (Å²) in [6.07, 6.45) is 0. The summed E-state index contributed by atoms with van der Waals surface area (Å²) < 4.78 is 0. The minimum Gasteiger partial charge on any atom is -0.360 e. The van der Waals surface area contributed by atoms with Crippen LogP contribution >= 0.6 is 11.6 Å². The number of hydrogen-bond donors (Lipinski definition) is 2. The Morgan fingerprint density at radius 3 is 2.46 bits per heavy atom. The van der Waals surface area contributed by atoms with Gasteiger partial charge in [-0.1, -0.05) is 29.8 Å². The van der Waals surface area contributed by atoms with Gasteiger partial charge >= 0.3 is 0 Å². The predicted octanol–water partition coefficient (Wildman–Crippen LogP) is 1.99. The molecule has 1 amide bonds. The Balaban J connectivity index is 1.49. The van der Waals surface area contributed by atoms with Gasteiger partial charge in [0.25, 0.3) is 5.91 Å². The minimum absolute atomic E-state index is 0.0525. The van der Waals surface area contributed by atoms with Crippen LogP contribution in [-0.2, 0) is 4.79 Å². The maximum atomic E-state index is 12.2. The minimum atomic E-state index is 0.0525. The van der Waals surface area contributed by atoms with Crippen molar-refractivity contribution in [2.75, 3.05) is 42.9 Å². The summed E-state index contributed by atoms with van der Waals surface area (Å²) in [7, 11) is 0. The molecule has 126 valence electrons. The molecule has 24 heavy (non-hydrogen) atoms. The molecule has 1 aliphatic heterocycles. The molecule has 2 aromatic rings. The maximum absolute atomic E-state index is 12.2. The largest absolute Gasteiger partial charge is 0.360 e. The van der Waals surface area contributed by atoms with Crippen molar-refractivity contribution in [3.05, 3.63) is 59.1 Å². The van der Waals surface area contributed by atoms with Crippen molar-refractivity contribution in [3.63, 3.8) is 0 Å². The highest BCUT2D eigenvalue weighted by Gasteiger charge is 2.23. The van der Waals surface area contributed by atoms with Crippen LogP contribution in [0.1, 0.15) is 5.56 Å². The Kier molecular flexibility index (Phi) is 5.38. The smallest absolute Gasteiger partial charge is 0.279 e. The zero-order chi connectivity index (χ0) is 16.9. The highest BCUT2D eigenvalue weighted by molar-refractivity contribution is 6.30. The standard InChI is InChI=1S/C19H22ClN3O/c1-15-4-2-3-5-18(15)23-12-10-22(11-13-23)14-19(24)21-17-8-6-16(20)7-9-17/h2-9H,10-14H2,1H3,(H,21,24)/p+1. The summed E-state index contributed by atoms with van der Waals surface area (Å²) in [6, 6.07) is 15.7. The van der Waals surface area contributed by atoms with Crippen molar-refractivity contribution in [2.24, 2.45) is 0 Å².